The number of anilines is 2. The Labute approximate surface area is 406 Å². The Bertz CT molecular complexity index is 2880. The van der Waals surface area contributed by atoms with Crippen LogP contribution in [0.1, 0.15) is 84.2 Å². The van der Waals surface area contributed by atoms with Gasteiger partial charge in [0.05, 0.1) is 64.2 Å². The van der Waals surface area contributed by atoms with Crippen LogP contribution < -0.4 is 25.7 Å². The number of aromatic hydroxyl groups is 1. The summed E-state index contributed by atoms with van der Waals surface area (Å²) in [6, 6.07) is 5.62. The summed E-state index contributed by atoms with van der Waals surface area (Å²) >= 11 is 0. The van der Waals surface area contributed by atoms with Gasteiger partial charge in [0.1, 0.15) is 17.5 Å². The number of amides is 2. The van der Waals surface area contributed by atoms with E-state index in [0.717, 1.165) is 5.69 Å². The molecule has 1 saturated heterocycles. The van der Waals surface area contributed by atoms with Crippen molar-refractivity contribution in [3.05, 3.63) is 75.7 Å². The van der Waals surface area contributed by atoms with Gasteiger partial charge in [-0.05, 0) is 57.9 Å². The highest BCUT2D eigenvalue weighted by molar-refractivity contribution is 6.27. The first-order valence-electron chi connectivity index (χ1n) is 23.8. The van der Waals surface area contributed by atoms with Gasteiger partial charge in [0, 0.05) is 93.0 Å². The topological polar surface area (TPSA) is 237 Å². The smallest absolute Gasteiger partial charge is 0.407 e. The Morgan fingerprint density at radius 1 is 1.00 bits per heavy atom. The third-order valence-corrected chi connectivity index (χ3v) is 14.3. The number of benzene rings is 3. The minimum Gasteiger partial charge on any atom is -0.505 e. The van der Waals surface area contributed by atoms with Crippen LogP contribution in [0, 0.1) is 30.6 Å². The van der Waals surface area contributed by atoms with Gasteiger partial charge in [-0.15, -0.1) is 0 Å². The lowest BCUT2D eigenvalue weighted by atomic mass is 9.78. The third kappa shape index (κ3) is 9.55. The summed E-state index contributed by atoms with van der Waals surface area (Å²) in [6.45, 7) is 16.0. The van der Waals surface area contributed by atoms with Gasteiger partial charge in [0.25, 0.3) is 11.7 Å². The van der Waals surface area contributed by atoms with Gasteiger partial charge in [-0.3, -0.25) is 19.2 Å². The highest BCUT2D eigenvalue weighted by Crippen LogP contribution is 2.48. The first kappa shape index (κ1) is 51.4. The number of aryl methyl sites for hydroxylation is 1. The molecule has 2 amide bonds. The van der Waals surface area contributed by atoms with E-state index in [1.807, 2.05) is 18.2 Å². The molecule has 70 heavy (non-hydrogen) atoms. The zero-order valence-corrected chi connectivity index (χ0v) is 41.6. The predicted octanol–water partition coefficient (Wildman–Crippen LogP) is 6.46. The van der Waals surface area contributed by atoms with Crippen molar-refractivity contribution in [3.63, 3.8) is 0 Å². The Balaban J connectivity index is 1.41. The number of ketones is 1. The number of fused-ring (bicyclic) bond motifs is 14. The van der Waals surface area contributed by atoms with E-state index < -0.39 is 88.8 Å². The Morgan fingerprint density at radius 2 is 1.70 bits per heavy atom. The molecule has 0 spiro atoms. The van der Waals surface area contributed by atoms with Crippen LogP contribution in [0.15, 0.2) is 59.1 Å². The summed E-state index contributed by atoms with van der Waals surface area (Å²) in [6.07, 6.45) is 4.58. The number of rotatable bonds is 5. The number of Topliss-reactive ketones (excluding diaryl/α,β-unsaturated/α-hetero) is 1. The number of aromatic nitrogens is 2. The number of carbonyl (C=O) groups is 4. The fourth-order valence-electron chi connectivity index (χ4n) is 10.1. The normalized spacial score (nSPS) is 28.8. The van der Waals surface area contributed by atoms with E-state index in [1.165, 1.54) is 46.3 Å². The number of ether oxygens (including phenoxy) is 5. The van der Waals surface area contributed by atoms with Gasteiger partial charge in [-0.25, -0.2) is 9.78 Å². The first-order valence-corrected chi connectivity index (χ1v) is 23.8. The molecule has 4 aliphatic rings. The van der Waals surface area contributed by atoms with Crippen molar-refractivity contribution >= 4 is 68.0 Å². The number of allylic oxidation sites excluding steroid dienone is 2. The largest absolute Gasteiger partial charge is 0.505 e. The zero-order valence-electron chi connectivity index (χ0n) is 41.6. The van der Waals surface area contributed by atoms with Gasteiger partial charge in [0.15, 0.2) is 11.2 Å². The molecule has 376 valence electrons. The quantitative estimate of drug-likeness (QED) is 0.0625. The number of alkyl carbamates (subject to hydrolysis) is 1. The highest BCUT2D eigenvalue weighted by atomic mass is 16.7. The van der Waals surface area contributed by atoms with E-state index >= 15 is 0 Å². The number of esters is 1. The van der Waals surface area contributed by atoms with Gasteiger partial charge in [-0.1, -0.05) is 45.9 Å². The number of nitrogens with zero attached hydrogens (tertiary/aromatic N) is 3. The number of phenolic OH excluding ortho intramolecular Hbond substituents is 1. The van der Waals surface area contributed by atoms with Crippen molar-refractivity contribution in [1.82, 2.24) is 14.9 Å². The van der Waals surface area contributed by atoms with Crippen molar-refractivity contribution in [3.8, 4) is 11.5 Å². The predicted molar refractivity (Wildman–Crippen MR) is 264 cm³/mol. The molecule has 3 aromatic carbocycles. The van der Waals surface area contributed by atoms with Crippen molar-refractivity contribution in [2.45, 2.75) is 111 Å². The zero-order chi connectivity index (χ0) is 51.1. The second-order valence-corrected chi connectivity index (χ2v) is 19.0. The van der Waals surface area contributed by atoms with Crippen LogP contribution in [-0.2, 0) is 35.6 Å². The standard InChI is InChI=1S/C52H65N5O13/c1-12-67-51(65)53-32-18-21-57(22-19-32)33-16-17-34-35(24-33)56(10)42-40(54-34)37-38-45(61)30(7)48-39(37)49(63)52(9,70-48)68-23-20-36(66-11)27(4)47(69-31(8)58)29(6)44(60)28(5)43(59)25(2)14-13-15-26(3)50(64)55-41(42)46(38)62/h13-17,20,23-25,27-29,32,36,43-44,47,59-60,62H,12,18-19,21-22H2,1-11H3,(H,53,65)(H,55,64)/b14-13+,23-20+,26-15-/t25-,27+,28+,29+,36-,43-,44+,47+,52-/m0/s1. The van der Waals surface area contributed by atoms with Crippen molar-refractivity contribution < 1.29 is 58.2 Å². The molecular weight excluding hydrogens is 903 g/mol. The molecule has 18 heteroatoms. The molecule has 0 radical (unpaired) electrons. The minimum atomic E-state index is -2.04. The van der Waals surface area contributed by atoms with E-state index in [-0.39, 0.29) is 62.6 Å². The Morgan fingerprint density at radius 3 is 2.36 bits per heavy atom. The van der Waals surface area contributed by atoms with E-state index in [9.17, 15) is 39.3 Å². The number of aliphatic hydroxyl groups is 2. The second kappa shape index (κ2) is 20.5. The average molecular weight is 968 g/mol. The number of piperidine rings is 1. The maximum atomic E-state index is 14.9. The number of carbonyl (C=O) groups excluding carboxylic acids is 4. The summed E-state index contributed by atoms with van der Waals surface area (Å²) in [5.74, 6) is -7.11. The Hall–Kier alpha value is -6.50. The number of hydrogen-bond acceptors (Lipinski definition) is 15. The van der Waals surface area contributed by atoms with Crippen LogP contribution in [0.5, 0.6) is 11.5 Å². The molecule has 0 aliphatic carbocycles. The lowest BCUT2D eigenvalue weighted by Crippen LogP contribution is -2.46. The third-order valence-electron chi connectivity index (χ3n) is 14.3. The molecule has 4 aliphatic heterocycles. The van der Waals surface area contributed by atoms with E-state index in [0.29, 0.717) is 37.0 Å². The lowest BCUT2D eigenvalue weighted by molar-refractivity contribution is -0.160. The van der Waals surface area contributed by atoms with Gasteiger partial charge in [-0.2, -0.15) is 0 Å². The lowest BCUT2D eigenvalue weighted by Gasteiger charge is -2.38. The molecule has 1 fully saturated rings. The van der Waals surface area contributed by atoms with E-state index in [4.69, 9.17) is 28.7 Å². The van der Waals surface area contributed by atoms with Crippen LogP contribution in [0.2, 0.25) is 0 Å². The van der Waals surface area contributed by atoms with Gasteiger partial charge < -0.3 is 59.1 Å². The number of aliphatic hydroxyl groups excluding tert-OH is 2. The summed E-state index contributed by atoms with van der Waals surface area (Å²) in [5.41, 5.74) is 1.62. The molecule has 0 saturated carbocycles. The van der Waals surface area contributed by atoms with Crippen LogP contribution in [0.4, 0.5) is 16.2 Å². The molecule has 5 heterocycles. The van der Waals surface area contributed by atoms with Crippen molar-refractivity contribution in [1.29, 1.82) is 0 Å². The average Bonchev–Trinajstić information content (AvgIpc) is 3.59. The highest BCUT2D eigenvalue weighted by Gasteiger charge is 2.49. The second-order valence-electron chi connectivity index (χ2n) is 19.0. The Kier molecular flexibility index (Phi) is 15.0. The molecule has 9 atom stereocenters. The number of methoxy groups -OCH3 is 1. The minimum absolute atomic E-state index is 0.00161. The number of nitrogens with one attached hydrogen (secondary N) is 2. The van der Waals surface area contributed by atoms with Crippen LogP contribution in [0.3, 0.4) is 0 Å². The number of hydrogen-bond donors (Lipinski definition) is 5. The molecule has 8 rings (SSSR count). The maximum absolute atomic E-state index is 14.9. The monoisotopic (exact) mass is 967 g/mol. The first-order chi connectivity index (χ1) is 33.1. The van der Waals surface area contributed by atoms with E-state index in [1.54, 1.807) is 65.3 Å². The van der Waals surface area contributed by atoms with Crippen LogP contribution in [0.25, 0.3) is 32.8 Å². The summed E-state index contributed by atoms with van der Waals surface area (Å²) in [7, 11) is 3.19. The molecule has 4 aromatic rings. The molecule has 5 N–H and O–H groups in total. The SMILES string of the molecule is CCOC(=O)NC1CCN(c2ccc3nc4c5c6c7c(C)c(=O)c5c(O)c(c4n(C)c3c2)NC(=O)/C(C)=C\C=C\[C@H](C)[C@H](O)[C@@H](C)[C@@H](O)[C@@H](C)[C@H](OC(C)=O)[C@H](C)[C@@H](OC)/C=C/O[C@@](C)(O7)C6=O)CC1. The molecule has 0 unspecified atom stereocenters. The summed E-state index contributed by atoms with van der Waals surface area (Å²) in [4.78, 5) is 75.5. The van der Waals surface area contributed by atoms with E-state index in [2.05, 4.69) is 15.5 Å². The van der Waals surface area contributed by atoms with Crippen molar-refractivity contribution in [2.24, 2.45) is 30.7 Å². The molecular formula is C52H65N5O13. The maximum Gasteiger partial charge on any atom is 0.407 e. The molecule has 5 bridgehead atoms. The summed E-state index contributed by atoms with van der Waals surface area (Å²) in [5, 5.41) is 41.0. The summed E-state index contributed by atoms with van der Waals surface area (Å²) < 4.78 is 30.9. The van der Waals surface area contributed by atoms with Gasteiger partial charge >= 0.3 is 17.8 Å². The van der Waals surface area contributed by atoms with Gasteiger partial charge in [0.2, 0.25) is 0 Å². The van der Waals surface area contributed by atoms with Crippen molar-refractivity contribution in [2.75, 3.05) is 37.0 Å². The molecule has 1 aromatic heterocycles. The number of phenols is 1. The van der Waals surface area contributed by atoms with Crippen LogP contribution >= 0.6 is 0 Å². The molecule has 18 nitrogen and oxygen atoms in total. The fourth-order valence-corrected chi connectivity index (χ4v) is 10.1. The van der Waals surface area contributed by atoms with Crippen LogP contribution in [-0.4, -0.2) is 112 Å². The fraction of sp³-hybridized carbons (Fsp3) is 0.500.